The Morgan fingerprint density at radius 3 is 2.57 bits per heavy atom. The summed E-state index contributed by atoms with van der Waals surface area (Å²) in [6.45, 7) is 8.39. The van der Waals surface area contributed by atoms with Crippen LogP contribution in [0.4, 0.5) is 0 Å². The lowest BCUT2D eigenvalue weighted by molar-refractivity contribution is 0.242. The molecule has 1 rings (SSSR count). The molecule has 0 unspecified atom stereocenters. The number of hydrogen-bond acceptors (Lipinski definition) is 2. The molecule has 1 aromatic rings. The van der Waals surface area contributed by atoms with E-state index in [1.54, 1.807) is 0 Å². The highest BCUT2D eigenvalue weighted by Gasteiger charge is 2.01. The minimum Gasteiger partial charge on any atom is -0.491 e. The summed E-state index contributed by atoms with van der Waals surface area (Å²) in [5, 5.41) is 0. The fraction of sp³-hybridized carbons (Fsp3) is 0.500. The smallest absolute Gasteiger partial charge is 0.120 e. The molecule has 14 heavy (non-hydrogen) atoms. The van der Waals surface area contributed by atoms with Gasteiger partial charge in [-0.3, -0.25) is 0 Å². The molecule has 0 spiro atoms. The Kier molecular flexibility index (Phi) is 4.33. The number of benzene rings is 1. The van der Waals surface area contributed by atoms with Crippen molar-refractivity contribution in [2.45, 2.75) is 38.7 Å². The number of hydrogen-bond donors (Lipinski definition) is 0. The van der Waals surface area contributed by atoms with Crippen molar-refractivity contribution in [1.82, 2.24) is 0 Å². The van der Waals surface area contributed by atoms with Gasteiger partial charge in [-0.25, -0.2) is 0 Å². The third-order valence-corrected chi connectivity index (χ3v) is 2.88. The van der Waals surface area contributed by atoms with E-state index in [9.17, 15) is 0 Å². The van der Waals surface area contributed by atoms with Crippen LogP contribution >= 0.6 is 11.8 Å². The van der Waals surface area contributed by atoms with E-state index in [4.69, 9.17) is 4.74 Å². The van der Waals surface area contributed by atoms with Gasteiger partial charge in [0.15, 0.2) is 0 Å². The predicted molar refractivity (Wildman–Crippen MR) is 63.3 cm³/mol. The number of ether oxygens (including phenoxy) is 1. The minimum absolute atomic E-state index is 0.249. The van der Waals surface area contributed by atoms with Crippen LogP contribution in [-0.2, 0) is 0 Å². The Labute approximate surface area is 90.9 Å². The lowest BCUT2D eigenvalue weighted by Gasteiger charge is -2.11. The summed E-state index contributed by atoms with van der Waals surface area (Å²) in [5.74, 6) is 2.09. The van der Waals surface area contributed by atoms with E-state index in [-0.39, 0.29) is 6.10 Å². The highest BCUT2D eigenvalue weighted by molar-refractivity contribution is 7.99. The summed E-state index contributed by atoms with van der Waals surface area (Å²) in [4.78, 5) is 1.35. The second-order valence-corrected chi connectivity index (χ2v) is 4.83. The molecule has 1 aromatic carbocycles. The molecule has 0 radical (unpaired) electrons. The molecule has 0 atom stereocenters. The number of thioether (sulfide) groups is 1. The van der Waals surface area contributed by atoms with Gasteiger partial charge in [-0.2, -0.15) is 0 Å². The molecule has 0 aromatic heterocycles. The van der Waals surface area contributed by atoms with Crippen molar-refractivity contribution in [2.75, 3.05) is 5.75 Å². The Hall–Kier alpha value is -0.630. The molecule has 0 aliphatic rings. The molecule has 0 saturated heterocycles. The van der Waals surface area contributed by atoms with Gasteiger partial charge < -0.3 is 4.74 Å². The van der Waals surface area contributed by atoms with Crippen LogP contribution in [0.2, 0.25) is 0 Å². The van der Waals surface area contributed by atoms with Gasteiger partial charge in [0.2, 0.25) is 0 Å². The molecule has 0 aliphatic carbocycles. The van der Waals surface area contributed by atoms with E-state index < -0.39 is 0 Å². The first-order valence-electron chi connectivity index (χ1n) is 5.03. The van der Waals surface area contributed by atoms with Crippen molar-refractivity contribution in [3.05, 3.63) is 23.8 Å². The van der Waals surface area contributed by atoms with Gasteiger partial charge >= 0.3 is 0 Å². The van der Waals surface area contributed by atoms with Crippen LogP contribution in [-0.4, -0.2) is 11.9 Å². The van der Waals surface area contributed by atoms with Gasteiger partial charge in [0.1, 0.15) is 5.75 Å². The van der Waals surface area contributed by atoms with Crippen LogP contribution in [0.5, 0.6) is 5.75 Å². The summed E-state index contributed by atoms with van der Waals surface area (Å²) < 4.78 is 5.62. The normalized spacial score (nSPS) is 10.6. The van der Waals surface area contributed by atoms with Crippen LogP contribution in [0.1, 0.15) is 26.3 Å². The molecule has 0 fully saturated rings. The summed E-state index contributed by atoms with van der Waals surface area (Å²) in [6, 6.07) is 6.30. The zero-order chi connectivity index (χ0) is 10.6. The van der Waals surface area contributed by atoms with E-state index in [2.05, 4.69) is 26.0 Å². The lowest BCUT2D eigenvalue weighted by Crippen LogP contribution is -2.05. The molecule has 78 valence electrons. The van der Waals surface area contributed by atoms with E-state index >= 15 is 0 Å². The summed E-state index contributed by atoms with van der Waals surface area (Å²) in [7, 11) is 0. The molecule has 0 N–H and O–H groups in total. The second kappa shape index (κ2) is 5.30. The molecule has 0 saturated carbocycles. The van der Waals surface area contributed by atoms with Crippen molar-refractivity contribution >= 4 is 11.8 Å². The van der Waals surface area contributed by atoms with Crippen LogP contribution in [0.25, 0.3) is 0 Å². The standard InChI is InChI=1S/C12H18OS/c1-5-14-12-7-6-11(8-10(12)4)13-9(2)3/h6-9H,5H2,1-4H3. The SMILES string of the molecule is CCSc1ccc(OC(C)C)cc1C. The molecule has 0 bridgehead atoms. The topological polar surface area (TPSA) is 9.23 Å². The van der Waals surface area contributed by atoms with Crippen molar-refractivity contribution in [2.24, 2.45) is 0 Å². The Balaban J connectivity index is 2.78. The van der Waals surface area contributed by atoms with Crippen LogP contribution in [0.15, 0.2) is 23.1 Å². The zero-order valence-electron chi connectivity index (χ0n) is 9.33. The second-order valence-electron chi connectivity index (χ2n) is 3.53. The summed E-state index contributed by atoms with van der Waals surface area (Å²) in [5.41, 5.74) is 1.30. The maximum Gasteiger partial charge on any atom is 0.120 e. The van der Waals surface area contributed by atoms with E-state index in [0.29, 0.717) is 0 Å². The predicted octanol–water partition coefficient (Wildman–Crippen LogP) is 3.89. The van der Waals surface area contributed by atoms with E-state index in [0.717, 1.165) is 11.5 Å². The fourth-order valence-corrected chi connectivity index (χ4v) is 2.05. The van der Waals surface area contributed by atoms with Gasteiger partial charge in [0.05, 0.1) is 6.10 Å². The molecule has 0 amide bonds. The first kappa shape index (κ1) is 11.4. The average molecular weight is 210 g/mol. The van der Waals surface area contributed by atoms with Crippen LogP contribution in [0, 0.1) is 6.92 Å². The van der Waals surface area contributed by atoms with Gasteiger partial charge in [-0.15, -0.1) is 11.8 Å². The van der Waals surface area contributed by atoms with Crippen molar-refractivity contribution in [3.8, 4) is 5.75 Å². The third-order valence-electron chi connectivity index (χ3n) is 1.82. The van der Waals surface area contributed by atoms with Gasteiger partial charge in [-0.1, -0.05) is 6.92 Å². The van der Waals surface area contributed by atoms with Crippen molar-refractivity contribution in [3.63, 3.8) is 0 Å². The monoisotopic (exact) mass is 210 g/mol. The zero-order valence-corrected chi connectivity index (χ0v) is 10.1. The van der Waals surface area contributed by atoms with Crippen LogP contribution < -0.4 is 4.74 Å². The van der Waals surface area contributed by atoms with Crippen molar-refractivity contribution in [1.29, 1.82) is 0 Å². The highest BCUT2D eigenvalue weighted by atomic mass is 32.2. The summed E-state index contributed by atoms with van der Waals surface area (Å²) >= 11 is 1.87. The summed E-state index contributed by atoms with van der Waals surface area (Å²) in [6.07, 6.45) is 0.249. The van der Waals surface area contributed by atoms with E-state index in [1.807, 2.05) is 31.7 Å². The highest BCUT2D eigenvalue weighted by Crippen LogP contribution is 2.26. The van der Waals surface area contributed by atoms with Crippen LogP contribution in [0.3, 0.4) is 0 Å². The molecule has 2 heteroatoms. The average Bonchev–Trinajstić information content (AvgIpc) is 2.09. The Morgan fingerprint density at radius 2 is 2.07 bits per heavy atom. The molecule has 1 nitrogen and oxygen atoms in total. The quantitative estimate of drug-likeness (QED) is 0.697. The van der Waals surface area contributed by atoms with E-state index in [1.165, 1.54) is 10.5 Å². The molecule has 0 aliphatic heterocycles. The largest absolute Gasteiger partial charge is 0.491 e. The molecular weight excluding hydrogens is 192 g/mol. The maximum atomic E-state index is 5.62. The third kappa shape index (κ3) is 3.26. The molecule has 0 heterocycles. The van der Waals surface area contributed by atoms with Gasteiger partial charge in [0.25, 0.3) is 0 Å². The maximum absolute atomic E-state index is 5.62. The van der Waals surface area contributed by atoms with Crippen molar-refractivity contribution < 1.29 is 4.74 Å². The first-order chi connectivity index (χ1) is 6.63. The minimum atomic E-state index is 0.249. The fourth-order valence-electron chi connectivity index (χ4n) is 1.28. The van der Waals surface area contributed by atoms with Gasteiger partial charge in [0, 0.05) is 4.90 Å². The Bertz CT molecular complexity index is 294. The molecular formula is C12H18OS. The van der Waals surface area contributed by atoms with Gasteiger partial charge in [-0.05, 0) is 50.3 Å². The lowest BCUT2D eigenvalue weighted by atomic mass is 10.2. The first-order valence-corrected chi connectivity index (χ1v) is 6.02. The Morgan fingerprint density at radius 1 is 1.36 bits per heavy atom. The number of aryl methyl sites for hydroxylation is 1. The number of rotatable bonds is 4.